The first-order chi connectivity index (χ1) is 9.95. The minimum Gasteiger partial charge on any atom is -0.458 e. The van der Waals surface area contributed by atoms with Crippen molar-refractivity contribution >= 4 is 17.9 Å². The van der Waals surface area contributed by atoms with Gasteiger partial charge >= 0.3 is 17.9 Å². The second-order valence-electron chi connectivity index (χ2n) is 6.13. The summed E-state index contributed by atoms with van der Waals surface area (Å²) in [6.07, 6.45) is 1.74. The van der Waals surface area contributed by atoms with Gasteiger partial charge in [0.25, 0.3) is 0 Å². The van der Waals surface area contributed by atoms with Gasteiger partial charge in [0.2, 0.25) is 0 Å². The highest BCUT2D eigenvalue weighted by molar-refractivity contribution is 5.88. The van der Waals surface area contributed by atoms with Gasteiger partial charge in [-0.3, -0.25) is 4.79 Å². The van der Waals surface area contributed by atoms with Crippen LogP contribution in [0.4, 0.5) is 0 Å². The molecule has 3 fully saturated rings. The molecule has 5 unspecified atom stereocenters. The van der Waals surface area contributed by atoms with Crippen molar-refractivity contribution in [2.45, 2.75) is 38.4 Å². The zero-order valence-corrected chi connectivity index (χ0v) is 11.9. The Morgan fingerprint density at radius 3 is 2.81 bits per heavy atom. The van der Waals surface area contributed by atoms with Crippen LogP contribution in [0.15, 0.2) is 12.2 Å². The van der Waals surface area contributed by atoms with Gasteiger partial charge in [0.1, 0.15) is 12.2 Å². The molecule has 0 aromatic carbocycles. The summed E-state index contributed by atoms with van der Waals surface area (Å²) in [6.45, 7) is 4.50. The van der Waals surface area contributed by atoms with Crippen molar-refractivity contribution in [1.29, 1.82) is 0 Å². The summed E-state index contributed by atoms with van der Waals surface area (Å²) in [5, 5.41) is 0. The van der Waals surface area contributed by atoms with Gasteiger partial charge in [0.15, 0.2) is 6.61 Å². The van der Waals surface area contributed by atoms with Crippen LogP contribution in [-0.2, 0) is 28.6 Å². The molecule has 1 heterocycles. The first-order valence-electron chi connectivity index (χ1n) is 7.18. The van der Waals surface area contributed by atoms with E-state index in [-0.39, 0.29) is 29.5 Å². The SMILES string of the molecule is C=C(C)C(=O)OCC(=O)OC1C2CC3CC(C(=O)O2)C1C3. The van der Waals surface area contributed by atoms with Crippen LogP contribution in [0.2, 0.25) is 0 Å². The van der Waals surface area contributed by atoms with Crippen molar-refractivity contribution < 1.29 is 28.6 Å². The fourth-order valence-corrected chi connectivity index (χ4v) is 3.69. The normalized spacial score (nSPS) is 36.0. The molecule has 0 aromatic rings. The van der Waals surface area contributed by atoms with E-state index in [9.17, 15) is 14.4 Å². The fraction of sp³-hybridized carbons (Fsp3) is 0.667. The summed E-state index contributed by atoms with van der Waals surface area (Å²) in [5.41, 5.74) is 0.229. The second-order valence-corrected chi connectivity index (χ2v) is 6.13. The van der Waals surface area contributed by atoms with Crippen molar-refractivity contribution in [1.82, 2.24) is 0 Å². The lowest BCUT2D eigenvalue weighted by atomic mass is 9.80. The van der Waals surface area contributed by atoms with Gasteiger partial charge in [-0.05, 0) is 32.1 Å². The fourth-order valence-electron chi connectivity index (χ4n) is 3.69. The van der Waals surface area contributed by atoms with Crippen LogP contribution in [0.3, 0.4) is 0 Å². The Labute approximate surface area is 122 Å². The highest BCUT2D eigenvalue weighted by Gasteiger charge is 2.57. The maximum atomic E-state index is 11.8. The number of carbonyl (C=O) groups excluding carboxylic acids is 3. The van der Waals surface area contributed by atoms with Crippen molar-refractivity contribution in [2.75, 3.05) is 6.61 Å². The Kier molecular flexibility index (Phi) is 3.47. The average molecular weight is 294 g/mol. The van der Waals surface area contributed by atoms with Crippen LogP contribution in [-0.4, -0.2) is 36.7 Å². The van der Waals surface area contributed by atoms with Gasteiger partial charge in [-0.2, -0.15) is 0 Å². The molecule has 114 valence electrons. The molecule has 0 amide bonds. The Balaban J connectivity index is 1.58. The van der Waals surface area contributed by atoms with E-state index in [1.807, 2.05) is 0 Å². The van der Waals surface area contributed by atoms with E-state index in [1.165, 1.54) is 6.92 Å². The van der Waals surface area contributed by atoms with Gasteiger partial charge in [-0.25, -0.2) is 9.59 Å². The maximum absolute atomic E-state index is 11.8. The van der Waals surface area contributed by atoms with Crippen LogP contribution in [0.5, 0.6) is 0 Å². The monoisotopic (exact) mass is 294 g/mol. The quantitative estimate of drug-likeness (QED) is 0.437. The molecular weight excluding hydrogens is 276 g/mol. The number of rotatable bonds is 4. The molecule has 21 heavy (non-hydrogen) atoms. The van der Waals surface area contributed by atoms with Crippen LogP contribution >= 0.6 is 0 Å². The van der Waals surface area contributed by atoms with E-state index in [0.29, 0.717) is 5.92 Å². The van der Waals surface area contributed by atoms with Gasteiger partial charge in [-0.1, -0.05) is 6.58 Å². The number of hydrogen-bond donors (Lipinski definition) is 0. The molecule has 0 N–H and O–H groups in total. The molecule has 2 aliphatic carbocycles. The molecule has 0 spiro atoms. The summed E-state index contributed by atoms with van der Waals surface area (Å²) in [6, 6.07) is 0. The second kappa shape index (κ2) is 5.16. The van der Waals surface area contributed by atoms with Crippen LogP contribution in [0, 0.1) is 17.8 Å². The molecule has 1 aliphatic heterocycles. The number of carbonyl (C=O) groups is 3. The van der Waals surface area contributed by atoms with E-state index in [1.54, 1.807) is 0 Å². The Morgan fingerprint density at radius 2 is 2.10 bits per heavy atom. The third kappa shape index (κ3) is 2.54. The zero-order chi connectivity index (χ0) is 15.1. The predicted octanol–water partition coefficient (Wildman–Crippen LogP) is 0.989. The molecule has 3 bridgehead atoms. The van der Waals surface area contributed by atoms with Crippen LogP contribution in [0.25, 0.3) is 0 Å². The third-order valence-electron chi connectivity index (χ3n) is 4.57. The van der Waals surface area contributed by atoms with Crippen molar-refractivity contribution in [3.63, 3.8) is 0 Å². The number of fused-ring (bicyclic) bond motifs is 2. The Bertz CT molecular complexity index is 510. The molecule has 6 heteroatoms. The lowest BCUT2D eigenvalue weighted by molar-refractivity contribution is -0.196. The van der Waals surface area contributed by atoms with Gasteiger partial charge in [0.05, 0.1) is 5.92 Å². The smallest absolute Gasteiger partial charge is 0.344 e. The van der Waals surface area contributed by atoms with Crippen molar-refractivity contribution in [2.24, 2.45) is 17.8 Å². The highest BCUT2D eigenvalue weighted by atomic mass is 16.6. The van der Waals surface area contributed by atoms with Crippen molar-refractivity contribution in [3.8, 4) is 0 Å². The maximum Gasteiger partial charge on any atom is 0.344 e. The molecule has 5 atom stereocenters. The first kappa shape index (κ1) is 14.1. The van der Waals surface area contributed by atoms with Gasteiger partial charge < -0.3 is 14.2 Å². The summed E-state index contributed by atoms with van der Waals surface area (Å²) in [4.78, 5) is 34.8. The van der Waals surface area contributed by atoms with E-state index < -0.39 is 24.6 Å². The van der Waals surface area contributed by atoms with E-state index in [2.05, 4.69) is 6.58 Å². The zero-order valence-electron chi connectivity index (χ0n) is 11.9. The molecule has 3 rings (SSSR count). The van der Waals surface area contributed by atoms with E-state index in [0.717, 1.165) is 19.3 Å². The summed E-state index contributed by atoms with van der Waals surface area (Å²) < 4.78 is 15.5. The van der Waals surface area contributed by atoms with Gasteiger partial charge in [0, 0.05) is 11.5 Å². The summed E-state index contributed by atoms with van der Waals surface area (Å²) in [7, 11) is 0. The molecular formula is C15H18O6. The van der Waals surface area contributed by atoms with Crippen LogP contribution in [0.1, 0.15) is 26.2 Å². The first-order valence-corrected chi connectivity index (χ1v) is 7.18. The molecule has 3 aliphatic rings. The van der Waals surface area contributed by atoms with Crippen LogP contribution < -0.4 is 0 Å². The number of ether oxygens (including phenoxy) is 3. The molecule has 0 aromatic heterocycles. The largest absolute Gasteiger partial charge is 0.458 e. The predicted molar refractivity (Wildman–Crippen MR) is 69.9 cm³/mol. The average Bonchev–Trinajstić information content (AvgIpc) is 2.71. The lowest BCUT2D eigenvalue weighted by Gasteiger charge is -2.40. The molecule has 6 nitrogen and oxygen atoms in total. The van der Waals surface area contributed by atoms with E-state index >= 15 is 0 Å². The summed E-state index contributed by atoms with van der Waals surface area (Å²) in [5.74, 6) is -0.995. The Morgan fingerprint density at radius 1 is 1.33 bits per heavy atom. The highest BCUT2D eigenvalue weighted by Crippen LogP contribution is 2.51. The number of esters is 3. The van der Waals surface area contributed by atoms with Gasteiger partial charge in [-0.15, -0.1) is 0 Å². The Hall–Kier alpha value is -1.85. The topological polar surface area (TPSA) is 78.9 Å². The minimum atomic E-state index is -0.621. The molecule has 0 radical (unpaired) electrons. The summed E-state index contributed by atoms with van der Waals surface area (Å²) >= 11 is 0. The standard InChI is InChI=1S/C15H18O6/c1-7(2)14(17)19-6-12(16)21-13-9-3-8-4-10(9)15(18)20-11(13)5-8/h8-11,13H,1,3-6H2,2H3. The lowest BCUT2D eigenvalue weighted by Crippen LogP contribution is -2.50. The van der Waals surface area contributed by atoms with E-state index in [4.69, 9.17) is 14.2 Å². The number of hydrogen-bond acceptors (Lipinski definition) is 6. The minimum absolute atomic E-state index is 0.0517. The molecule has 2 saturated carbocycles. The molecule has 1 saturated heterocycles. The van der Waals surface area contributed by atoms with Crippen molar-refractivity contribution in [3.05, 3.63) is 12.2 Å². The third-order valence-corrected chi connectivity index (χ3v) is 4.57.